The maximum Gasteiger partial charge on any atom is 0.272 e. The van der Waals surface area contributed by atoms with Crippen molar-refractivity contribution in [3.8, 4) is 0 Å². The van der Waals surface area contributed by atoms with Gasteiger partial charge in [0, 0.05) is 32.6 Å². The second kappa shape index (κ2) is 8.81. The lowest BCUT2D eigenvalue weighted by atomic mass is 10.2. The van der Waals surface area contributed by atoms with Crippen LogP contribution >= 0.6 is 11.3 Å². The van der Waals surface area contributed by atoms with Gasteiger partial charge in [0.25, 0.3) is 14.2 Å². The SMILES string of the molecule is CN(C)C(=O)c1csc(N2CC(O[Si](c3ccccc3)(c3ccccc3)C(C)(C)C)C2)n1. The van der Waals surface area contributed by atoms with Crippen LogP contribution in [-0.2, 0) is 4.43 Å². The summed E-state index contributed by atoms with van der Waals surface area (Å²) in [4.78, 5) is 20.5. The van der Waals surface area contributed by atoms with E-state index in [4.69, 9.17) is 4.43 Å². The van der Waals surface area contributed by atoms with Crippen molar-refractivity contribution in [2.45, 2.75) is 31.9 Å². The molecule has 0 saturated carbocycles. The van der Waals surface area contributed by atoms with Crippen LogP contribution in [0.5, 0.6) is 0 Å². The van der Waals surface area contributed by atoms with E-state index in [0.717, 1.165) is 18.2 Å². The van der Waals surface area contributed by atoms with Gasteiger partial charge >= 0.3 is 0 Å². The third-order valence-electron chi connectivity index (χ3n) is 6.00. The van der Waals surface area contributed by atoms with Crippen molar-refractivity contribution in [3.63, 3.8) is 0 Å². The van der Waals surface area contributed by atoms with Crippen molar-refractivity contribution < 1.29 is 9.22 Å². The molecular weight excluding hydrogens is 434 g/mol. The summed E-state index contributed by atoms with van der Waals surface area (Å²) in [6, 6.07) is 21.5. The predicted octanol–water partition coefficient (Wildman–Crippen LogP) is 3.61. The minimum atomic E-state index is -2.54. The number of carbonyl (C=O) groups is 1. The molecule has 32 heavy (non-hydrogen) atoms. The Morgan fingerprint density at radius 3 is 2.03 bits per heavy atom. The molecule has 0 unspecified atom stereocenters. The Balaban J connectivity index is 1.60. The quantitative estimate of drug-likeness (QED) is 0.522. The smallest absolute Gasteiger partial charge is 0.272 e. The van der Waals surface area contributed by atoms with Crippen LogP contribution in [0.1, 0.15) is 31.3 Å². The molecule has 0 aliphatic carbocycles. The monoisotopic (exact) mass is 465 g/mol. The topological polar surface area (TPSA) is 45.7 Å². The average Bonchev–Trinajstić information content (AvgIpc) is 3.22. The maximum absolute atomic E-state index is 12.2. The molecule has 4 rings (SSSR count). The van der Waals surface area contributed by atoms with Gasteiger partial charge in [0.05, 0.1) is 6.10 Å². The molecule has 1 amide bonds. The number of hydrogen-bond acceptors (Lipinski definition) is 5. The van der Waals surface area contributed by atoms with Crippen LogP contribution < -0.4 is 15.3 Å². The Labute approximate surface area is 195 Å². The van der Waals surface area contributed by atoms with E-state index < -0.39 is 8.32 Å². The maximum atomic E-state index is 12.2. The van der Waals surface area contributed by atoms with Gasteiger partial charge in [-0.1, -0.05) is 81.4 Å². The van der Waals surface area contributed by atoms with Crippen LogP contribution in [-0.4, -0.2) is 57.4 Å². The zero-order chi connectivity index (χ0) is 22.9. The first-order valence-electron chi connectivity index (χ1n) is 10.9. The summed E-state index contributed by atoms with van der Waals surface area (Å²) in [5, 5.41) is 5.28. The van der Waals surface area contributed by atoms with Gasteiger partial charge in [-0.25, -0.2) is 4.98 Å². The standard InChI is InChI=1S/C25H31N3O2SSi/c1-25(2,3)32(20-12-8-6-9-13-20,21-14-10-7-11-15-21)30-19-16-28(17-19)24-26-22(18-31-24)23(29)27(4)5/h6-15,18-19H,16-17H2,1-5H3. The highest BCUT2D eigenvalue weighted by Crippen LogP contribution is 2.39. The van der Waals surface area contributed by atoms with Crippen molar-refractivity contribution in [3.05, 3.63) is 71.7 Å². The van der Waals surface area contributed by atoms with Crippen LogP contribution in [0, 0.1) is 0 Å². The van der Waals surface area contributed by atoms with Crippen LogP contribution in [0.2, 0.25) is 5.04 Å². The molecule has 0 bridgehead atoms. The molecule has 1 saturated heterocycles. The highest BCUT2D eigenvalue weighted by atomic mass is 32.1. The summed E-state index contributed by atoms with van der Waals surface area (Å²) in [6.07, 6.45) is 0.123. The summed E-state index contributed by atoms with van der Waals surface area (Å²) in [6.45, 7) is 8.47. The number of rotatable bonds is 6. The summed E-state index contributed by atoms with van der Waals surface area (Å²) in [7, 11) is 0.953. The van der Waals surface area contributed by atoms with Gasteiger partial charge in [-0.15, -0.1) is 11.3 Å². The Morgan fingerprint density at radius 2 is 1.56 bits per heavy atom. The fourth-order valence-electron chi connectivity index (χ4n) is 4.35. The van der Waals surface area contributed by atoms with E-state index in [9.17, 15) is 4.79 Å². The number of hydrogen-bond donors (Lipinski definition) is 0. The van der Waals surface area contributed by atoms with Crippen molar-refractivity contribution in [2.75, 3.05) is 32.1 Å². The van der Waals surface area contributed by atoms with Crippen LogP contribution in [0.3, 0.4) is 0 Å². The largest absolute Gasteiger partial charge is 0.401 e. The van der Waals surface area contributed by atoms with Crippen LogP contribution in [0.25, 0.3) is 0 Å². The molecule has 5 nitrogen and oxygen atoms in total. The van der Waals surface area contributed by atoms with Gasteiger partial charge in [-0.05, 0) is 15.4 Å². The van der Waals surface area contributed by atoms with E-state index in [0.29, 0.717) is 5.69 Å². The lowest BCUT2D eigenvalue weighted by molar-refractivity contribution is 0.0822. The van der Waals surface area contributed by atoms with Gasteiger partial charge in [0.2, 0.25) is 0 Å². The molecule has 0 atom stereocenters. The molecule has 7 heteroatoms. The highest BCUT2D eigenvalue weighted by molar-refractivity contribution is 7.14. The third-order valence-corrected chi connectivity index (χ3v) is 12.0. The molecule has 2 heterocycles. The zero-order valence-electron chi connectivity index (χ0n) is 19.4. The van der Waals surface area contributed by atoms with Gasteiger partial charge in [-0.2, -0.15) is 0 Å². The average molecular weight is 466 g/mol. The van der Waals surface area contributed by atoms with Crippen molar-refractivity contribution in [2.24, 2.45) is 0 Å². The molecule has 168 valence electrons. The number of anilines is 1. The van der Waals surface area contributed by atoms with E-state index in [1.165, 1.54) is 21.7 Å². The van der Waals surface area contributed by atoms with Crippen molar-refractivity contribution in [1.29, 1.82) is 0 Å². The van der Waals surface area contributed by atoms with E-state index in [1.807, 2.05) is 5.38 Å². The van der Waals surface area contributed by atoms with Crippen LogP contribution in [0.15, 0.2) is 66.0 Å². The number of nitrogens with zero attached hydrogens (tertiary/aromatic N) is 3. The van der Waals surface area contributed by atoms with E-state index in [2.05, 4.69) is 91.3 Å². The van der Waals surface area contributed by atoms with Crippen molar-refractivity contribution >= 4 is 41.1 Å². The molecule has 1 aromatic heterocycles. The van der Waals surface area contributed by atoms with Gasteiger partial charge in [-0.3, -0.25) is 4.79 Å². The Hall–Kier alpha value is -2.48. The number of benzene rings is 2. The first kappa shape index (κ1) is 22.7. The van der Waals surface area contributed by atoms with Crippen LogP contribution in [0.4, 0.5) is 5.13 Å². The molecule has 0 radical (unpaired) electrons. The van der Waals surface area contributed by atoms with Gasteiger partial charge in [0.1, 0.15) is 5.69 Å². The molecule has 0 spiro atoms. The zero-order valence-corrected chi connectivity index (χ0v) is 21.2. The first-order valence-corrected chi connectivity index (χ1v) is 13.7. The second-order valence-corrected chi connectivity index (χ2v) is 14.6. The van der Waals surface area contributed by atoms with E-state index in [1.54, 1.807) is 19.0 Å². The first-order chi connectivity index (χ1) is 15.2. The van der Waals surface area contributed by atoms with E-state index in [-0.39, 0.29) is 17.0 Å². The molecule has 2 aromatic carbocycles. The Morgan fingerprint density at radius 1 is 1.03 bits per heavy atom. The summed E-state index contributed by atoms with van der Waals surface area (Å²) < 4.78 is 7.15. The number of carbonyl (C=O) groups excluding carboxylic acids is 1. The fourth-order valence-corrected chi connectivity index (χ4v) is 9.83. The summed E-state index contributed by atoms with van der Waals surface area (Å²) in [5.74, 6) is -0.0619. The number of thiazole rings is 1. The third kappa shape index (κ3) is 4.12. The summed E-state index contributed by atoms with van der Waals surface area (Å²) >= 11 is 1.52. The minimum absolute atomic E-state index is 0.0391. The Bertz CT molecular complexity index is 1020. The molecule has 1 aliphatic heterocycles. The van der Waals surface area contributed by atoms with Gasteiger partial charge < -0.3 is 14.2 Å². The Kier molecular flexibility index (Phi) is 6.25. The number of amides is 1. The summed E-state index contributed by atoms with van der Waals surface area (Å²) in [5.41, 5.74) is 0.506. The fraction of sp³-hybridized carbons (Fsp3) is 0.360. The van der Waals surface area contributed by atoms with Crippen molar-refractivity contribution in [1.82, 2.24) is 9.88 Å². The highest BCUT2D eigenvalue weighted by Gasteiger charge is 2.52. The number of aromatic nitrogens is 1. The van der Waals surface area contributed by atoms with E-state index >= 15 is 0 Å². The second-order valence-electron chi connectivity index (χ2n) is 9.52. The lowest BCUT2D eigenvalue weighted by Gasteiger charge is -2.49. The minimum Gasteiger partial charge on any atom is -0.401 e. The predicted molar refractivity (Wildman–Crippen MR) is 135 cm³/mol. The van der Waals surface area contributed by atoms with Gasteiger partial charge in [0.15, 0.2) is 5.13 Å². The molecule has 1 aliphatic rings. The molecular formula is C25H31N3O2SSi. The molecule has 0 N–H and O–H groups in total. The molecule has 1 fully saturated rings. The molecule has 3 aromatic rings. The lowest BCUT2D eigenvalue weighted by Crippen LogP contribution is -2.70. The normalized spacial score (nSPS) is 14.8.